The zero-order valence-corrected chi connectivity index (χ0v) is 14.4. The SMILES string of the molecule is CCC(C)c1ccc(C(CC)CC(C)c2ccncc2)cc1. The molecule has 22 heavy (non-hydrogen) atoms. The van der Waals surface area contributed by atoms with Crippen molar-refractivity contribution in [2.24, 2.45) is 0 Å². The molecule has 1 aromatic heterocycles. The molecule has 1 aromatic carbocycles. The highest BCUT2D eigenvalue weighted by molar-refractivity contribution is 5.28. The molecule has 0 amide bonds. The molecule has 0 bridgehead atoms. The third-order valence-corrected chi connectivity index (χ3v) is 5.00. The standard InChI is InChI=1S/C21H29N/c1-5-16(3)19-7-9-21(10-8-19)18(6-2)15-17(4)20-11-13-22-14-12-20/h7-14,16-18H,5-6,15H2,1-4H3. The van der Waals surface area contributed by atoms with Crippen molar-refractivity contribution in [3.05, 3.63) is 65.5 Å². The molecule has 0 aliphatic rings. The van der Waals surface area contributed by atoms with Crippen LogP contribution in [0.2, 0.25) is 0 Å². The van der Waals surface area contributed by atoms with E-state index in [2.05, 4.69) is 69.1 Å². The molecule has 0 N–H and O–H groups in total. The van der Waals surface area contributed by atoms with E-state index in [9.17, 15) is 0 Å². The molecule has 0 saturated heterocycles. The lowest BCUT2D eigenvalue weighted by atomic mass is 9.84. The number of nitrogens with zero attached hydrogens (tertiary/aromatic N) is 1. The van der Waals surface area contributed by atoms with Gasteiger partial charge in [0.2, 0.25) is 0 Å². The van der Waals surface area contributed by atoms with Crippen LogP contribution in [0.25, 0.3) is 0 Å². The second-order valence-electron chi connectivity index (χ2n) is 6.50. The smallest absolute Gasteiger partial charge is 0.0270 e. The quantitative estimate of drug-likeness (QED) is 0.585. The van der Waals surface area contributed by atoms with E-state index in [0.29, 0.717) is 17.8 Å². The highest BCUT2D eigenvalue weighted by Crippen LogP contribution is 2.32. The number of hydrogen-bond donors (Lipinski definition) is 0. The largest absolute Gasteiger partial charge is 0.265 e. The van der Waals surface area contributed by atoms with Gasteiger partial charge in [-0.25, -0.2) is 0 Å². The first-order valence-corrected chi connectivity index (χ1v) is 8.65. The lowest BCUT2D eigenvalue weighted by Crippen LogP contribution is -2.04. The Labute approximate surface area is 135 Å². The first-order valence-electron chi connectivity index (χ1n) is 8.65. The Balaban J connectivity index is 2.08. The predicted octanol–water partition coefficient (Wildman–Crippen LogP) is 6.28. The molecule has 3 unspecified atom stereocenters. The highest BCUT2D eigenvalue weighted by Gasteiger charge is 2.15. The fourth-order valence-electron chi connectivity index (χ4n) is 3.13. The topological polar surface area (TPSA) is 12.9 Å². The van der Waals surface area contributed by atoms with E-state index in [1.165, 1.54) is 36.0 Å². The number of pyridine rings is 1. The van der Waals surface area contributed by atoms with E-state index in [1.54, 1.807) is 0 Å². The third-order valence-electron chi connectivity index (χ3n) is 5.00. The summed E-state index contributed by atoms with van der Waals surface area (Å²) in [7, 11) is 0. The Morgan fingerprint density at radius 3 is 1.82 bits per heavy atom. The van der Waals surface area contributed by atoms with Crippen LogP contribution in [0.5, 0.6) is 0 Å². The van der Waals surface area contributed by atoms with E-state index in [4.69, 9.17) is 0 Å². The van der Waals surface area contributed by atoms with Crippen LogP contribution in [-0.2, 0) is 0 Å². The molecule has 0 radical (unpaired) electrons. The van der Waals surface area contributed by atoms with Crippen LogP contribution in [0, 0.1) is 0 Å². The second kappa shape index (κ2) is 8.12. The van der Waals surface area contributed by atoms with E-state index in [-0.39, 0.29) is 0 Å². The summed E-state index contributed by atoms with van der Waals surface area (Å²) < 4.78 is 0. The van der Waals surface area contributed by atoms with Crippen molar-refractivity contribution in [2.75, 3.05) is 0 Å². The van der Waals surface area contributed by atoms with Crippen LogP contribution >= 0.6 is 0 Å². The first-order chi connectivity index (χ1) is 10.7. The fourth-order valence-corrected chi connectivity index (χ4v) is 3.13. The van der Waals surface area contributed by atoms with E-state index in [1.807, 2.05) is 12.4 Å². The van der Waals surface area contributed by atoms with Gasteiger partial charge in [-0.3, -0.25) is 4.98 Å². The van der Waals surface area contributed by atoms with Crippen LogP contribution in [-0.4, -0.2) is 4.98 Å². The van der Waals surface area contributed by atoms with Gasteiger partial charge in [0.05, 0.1) is 0 Å². The molecule has 2 aromatic rings. The highest BCUT2D eigenvalue weighted by atomic mass is 14.6. The minimum absolute atomic E-state index is 0.571. The summed E-state index contributed by atoms with van der Waals surface area (Å²) >= 11 is 0. The maximum absolute atomic E-state index is 4.12. The first kappa shape index (κ1) is 16.7. The van der Waals surface area contributed by atoms with E-state index < -0.39 is 0 Å². The second-order valence-corrected chi connectivity index (χ2v) is 6.50. The van der Waals surface area contributed by atoms with Gasteiger partial charge >= 0.3 is 0 Å². The zero-order valence-electron chi connectivity index (χ0n) is 14.4. The predicted molar refractivity (Wildman–Crippen MR) is 95.4 cm³/mol. The average molecular weight is 295 g/mol. The monoisotopic (exact) mass is 295 g/mol. The molecule has 0 spiro atoms. The van der Waals surface area contributed by atoms with Crippen LogP contribution in [0.4, 0.5) is 0 Å². The molecule has 0 aliphatic heterocycles. The van der Waals surface area contributed by atoms with Crippen molar-refractivity contribution in [2.45, 2.75) is 64.7 Å². The van der Waals surface area contributed by atoms with Crippen molar-refractivity contribution in [3.8, 4) is 0 Å². The Hall–Kier alpha value is -1.63. The Kier molecular flexibility index (Phi) is 6.18. The van der Waals surface area contributed by atoms with E-state index in [0.717, 1.165) is 0 Å². The van der Waals surface area contributed by atoms with Crippen molar-refractivity contribution in [3.63, 3.8) is 0 Å². The summed E-state index contributed by atoms with van der Waals surface area (Å²) in [6.07, 6.45) is 7.39. The summed E-state index contributed by atoms with van der Waals surface area (Å²) in [5.74, 6) is 1.86. The van der Waals surface area contributed by atoms with Crippen molar-refractivity contribution in [1.82, 2.24) is 4.98 Å². The molecular formula is C21H29N. The third kappa shape index (κ3) is 4.19. The molecule has 1 heterocycles. The Morgan fingerprint density at radius 2 is 1.27 bits per heavy atom. The van der Waals surface area contributed by atoms with Gasteiger partial charge in [0, 0.05) is 12.4 Å². The van der Waals surface area contributed by atoms with Crippen molar-refractivity contribution in [1.29, 1.82) is 0 Å². The molecule has 2 rings (SSSR count). The minimum Gasteiger partial charge on any atom is -0.265 e. The molecule has 0 saturated carbocycles. The van der Waals surface area contributed by atoms with Gasteiger partial charge in [0.15, 0.2) is 0 Å². The summed E-state index contributed by atoms with van der Waals surface area (Å²) in [4.78, 5) is 4.12. The van der Waals surface area contributed by atoms with Gasteiger partial charge in [0.25, 0.3) is 0 Å². The molecule has 3 atom stereocenters. The lowest BCUT2D eigenvalue weighted by molar-refractivity contribution is 0.544. The normalized spacial score (nSPS) is 15.3. The van der Waals surface area contributed by atoms with Gasteiger partial charge in [0.1, 0.15) is 0 Å². The summed E-state index contributed by atoms with van der Waals surface area (Å²) in [5, 5.41) is 0. The molecule has 1 heteroatoms. The summed E-state index contributed by atoms with van der Waals surface area (Å²) in [6, 6.07) is 13.6. The summed E-state index contributed by atoms with van der Waals surface area (Å²) in [5.41, 5.74) is 4.34. The number of rotatable bonds is 7. The van der Waals surface area contributed by atoms with Gasteiger partial charge in [-0.2, -0.15) is 0 Å². The van der Waals surface area contributed by atoms with Crippen LogP contribution in [0.3, 0.4) is 0 Å². The molecule has 0 fully saturated rings. The molecule has 118 valence electrons. The van der Waals surface area contributed by atoms with Crippen molar-refractivity contribution >= 4 is 0 Å². The Bertz CT molecular complexity index is 544. The van der Waals surface area contributed by atoms with Gasteiger partial charge in [-0.15, -0.1) is 0 Å². The zero-order chi connectivity index (χ0) is 15.9. The van der Waals surface area contributed by atoms with Crippen LogP contribution < -0.4 is 0 Å². The fraction of sp³-hybridized carbons (Fsp3) is 0.476. The van der Waals surface area contributed by atoms with Gasteiger partial charge in [-0.05, 0) is 65.8 Å². The summed E-state index contributed by atoms with van der Waals surface area (Å²) in [6.45, 7) is 9.18. The van der Waals surface area contributed by atoms with E-state index >= 15 is 0 Å². The minimum atomic E-state index is 0.571. The lowest BCUT2D eigenvalue weighted by Gasteiger charge is -2.21. The number of hydrogen-bond acceptors (Lipinski definition) is 1. The molecule has 1 nitrogen and oxygen atoms in total. The average Bonchev–Trinajstić information content (AvgIpc) is 2.59. The van der Waals surface area contributed by atoms with Crippen LogP contribution in [0.1, 0.15) is 81.4 Å². The number of aromatic nitrogens is 1. The van der Waals surface area contributed by atoms with Gasteiger partial charge in [-0.1, -0.05) is 52.0 Å². The van der Waals surface area contributed by atoms with Crippen molar-refractivity contribution < 1.29 is 0 Å². The molecule has 0 aliphatic carbocycles. The van der Waals surface area contributed by atoms with Crippen LogP contribution in [0.15, 0.2) is 48.8 Å². The Morgan fingerprint density at radius 1 is 0.727 bits per heavy atom. The number of benzene rings is 1. The molecular weight excluding hydrogens is 266 g/mol. The maximum Gasteiger partial charge on any atom is 0.0270 e. The van der Waals surface area contributed by atoms with Gasteiger partial charge < -0.3 is 0 Å². The maximum atomic E-state index is 4.12.